The minimum Gasteiger partial charge on any atom is -0.326 e. The first kappa shape index (κ1) is 12.4. The van der Waals surface area contributed by atoms with Crippen molar-refractivity contribution in [2.24, 2.45) is 5.73 Å². The first-order valence-electron chi connectivity index (χ1n) is 4.29. The van der Waals surface area contributed by atoms with Gasteiger partial charge in [-0.3, -0.25) is 4.55 Å². The van der Waals surface area contributed by atoms with Gasteiger partial charge in [0.05, 0.1) is 0 Å². The molecule has 0 heterocycles. The molecule has 0 aliphatic carbocycles. The van der Waals surface area contributed by atoms with Crippen LogP contribution in [0.2, 0.25) is 5.02 Å². The van der Waals surface area contributed by atoms with Crippen molar-refractivity contribution in [3.63, 3.8) is 0 Å². The molecule has 0 aromatic heterocycles. The smallest absolute Gasteiger partial charge is 0.273 e. The molecule has 1 aromatic rings. The molecule has 3 N–H and O–H groups in total. The van der Waals surface area contributed by atoms with E-state index in [9.17, 15) is 8.42 Å². The van der Waals surface area contributed by atoms with E-state index >= 15 is 0 Å². The van der Waals surface area contributed by atoms with Crippen molar-refractivity contribution < 1.29 is 13.0 Å². The fourth-order valence-corrected chi connectivity index (χ4v) is 2.57. The van der Waals surface area contributed by atoms with E-state index < -0.39 is 21.4 Å². The van der Waals surface area contributed by atoms with Crippen LogP contribution < -0.4 is 5.73 Å². The molecular formula is C9H12ClNO3S. The lowest BCUT2D eigenvalue weighted by Gasteiger charge is -2.17. The molecule has 4 nitrogen and oxygen atoms in total. The Kier molecular flexibility index (Phi) is 3.72. The van der Waals surface area contributed by atoms with Crippen molar-refractivity contribution in [3.8, 4) is 0 Å². The lowest BCUT2D eigenvalue weighted by atomic mass is 10.1. The van der Waals surface area contributed by atoms with E-state index in [1.165, 1.54) is 19.1 Å². The normalized spacial score (nSPS) is 16.0. The summed E-state index contributed by atoms with van der Waals surface area (Å²) in [7, 11) is -4.20. The van der Waals surface area contributed by atoms with Gasteiger partial charge in [0.1, 0.15) is 5.25 Å². The van der Waals surface area contributed by atoms with Gasteiger partial charge in [-0.15, -0.1) is 0 Å². The molecule has 0 fully saturated rings. The molecule has 15 heavy (non-hydrogen) atoms. The molecule has 0 bridgehead atoms. The number of benzene rings is 1. The molecule has 0 unspecified atom stereocenters. The molecule has 0 spiro atoms. The van der Waals surface area contributed by atoms with E-state index in [4.69, 9.17) is 21.9 Å². The molecule has 0 amide bonds. The maximum Gasteiger partial charge on any atom is 0.273 e. The van der Waals surface area contributed by atoms with Crippen molar-refractivity contribution in [1.82, 2.24) is 0 Å². The van der Waals surface area contributed by atoms with Gasteiger partial charge in [-0.2, -0.15) is 8.42 Å². The summed E-state index contributed by atoms with van der Waals surface area (Å²) in [4.78, 5) is 0. The molecule has 1 rings (SSSR count). The number of hydrogen-bond donors (Lipinski definition) is 2. The average molecular weight is 250 g/mol. The summed E-state index contributed by atoms with van der Waals surface area (Å²) in [6, 6.07) is 5.48. The first-order chi connectivity index (χ1) is 6.82. The maximum atomic E-state index is 11.1. The van der Waals surface area contributed by atoms with Crippen LogP contribution in [-0.2, 0) is 10.1 Å². The lowest BCUT2D eigenvalue weighted by molar-refractivity contribution is 0.458. The summed E-state index contributed by atoms with van der Waals surface area (Å²) in [6.45, 7) is 1.52. The molecule has 1 aromatic carbocycles. The Balaban J connectivity index is 3.17. The van der Waals surface area contributed by atoms with Gasteiger partial charge in [-0.25, -0.2) is 0 Å². The Morgan fingerprint density at radius 3 is 2.13 bits per heavy atom. The number of rotatable bonds is 3. The van der Waals surface area contributed by atoms with Crippen LogP contribution in [0.1, 0.15) is 17.7 Å². The van der Waals surface area contributed by atoms with Crippen molar-refractivity contribution in [1.29, 1.82) is 0 Å². The number of hydrogen-bond acceptors (Lipinski definition) is 3. The van der Waals surface area contributed by atoms with E-state index in [0.29, 0.717) is 10.6 Å². The standard InChI is InChI=1S/C9H12ClNO3S/c1-6(11)9(15(12,13)14)7-2-4-8(10)5-3-7/h2-6,9H,11H2,1H3,(H,12,13,14)/t6-,9+/m0/s1. The molecule has 0 aliphatic rings. The quantitative estimate of drug-likeness (QED) is 0.798. The Bertz CT molecular complexity index is 427. The molecule has 2 atom stereocenters. The summed E-state index contributed by atoms with van der Waals surface area (Å²) < 4.78 is 31.2. The molecule has 84 valence electrons. The number of halogens is 1. The van der Waals surface area contributed by atoms with Crippen LogP contribution in [0.25, 0.3) is 0 Å². The van der Waals surface area contributed by atoms with Crippen LogP contribution in [0, 0.1) is 0 Å². The second-order valence-electron chi connectivity index (χ2n) is 3.35. The van der Waals surface area contributed by atoms with Crippen LogP contribution in [-0.4, -0.2) is 19.0 Å². The van der Waals surface area contributed by atoms with Crippen molar-refractivity contribution in [2.75, 3.05) is 0 Å². The van der Waals surface area contributed by atoms with Crippen LogP contribution in [0.4, 0.5) is 0 Å². The minimum absolute atomic E-state index is 0.428. The summed E-state index contributed by atoms with van der Waals surface area (Å²) in [6.07, 6.45) is 0. The topological polar surface area (TPSA) is 80.4 Å². The highest BCUT2D eigenvalue weighted by Gasteiger charge is 2.28. The zero-order valence-electron chi connectivity index (χ0n) is 8.09. The third-order valence-electron chi connectivity index (χ3n) is 2.00. The molecule has 0 saturated carbocycles. The van der Waals surface area contributed by atoms with Gasteiger partial charge in [-0.05, 0) is 24.6 Å². The zero-order chi connectivity index (χ0) is 11.6. The van der Waals surface area contributed by atoms with Gasteiger partial charge in [0.2, 0.25) is 0 Å². The fourth-order valence-electron chi connectivity index (χ4n) is 1.40. The van der Waals surface area contributed by atoms with Crippen molar-refractivity contribution in [2.45, 2.75) is 18.2 Å². The van der Waals surface area contributed by atoms with Crippen molar-refractivity contribution >= 4 is 21.7 Å². The predicted molar refractivity (Wildman–Crippen MR) is 59.4 cm³/mol. The highest BCUT2D eigenvalue weighted by Crippen LogP contribution is 2.25. The van der Waals surface area contributed by atoms with Crippen LogP contribution in [0.3, 0.4) is 0 Å². The van der Waals surface area contributed by atoms with Crippen LogP contribution in [0.5, 0.6) is 0 Å². The van der Waals surface area contributed by atoms with Gasteiger partial charge < -0.3 is 5.73 Å². The minimum atomic E-state index is -4.20. The zero-order valence-corrected chi connectivity index (χ0v) is 9.66. The third kappa shape index (κ3) is 3.17. The van der Waals surface area contributed by atoms with Gasteiger partial charge in [0.25, 0.3) is 10.1 Å². The van der Waals surface area contributed by atoms with Crippen molar-refractivity contribution in [3.05, 3.63) is 34.9 Å². The third-order valence-corrected chi connectivity index (χ3v) is 3.59. The largest absolute Gasteiger partial charge is 0.326 e. The Hall–Kier alpha value is -0.620. The summed E-state index contributed by atoms with van der Waals surface area (Å²) in [5, 5.41) is -0.618. The predicted octanol–water partition coefficient (Wildman–Crippen LogP) is 1.62. The summed E-state index contributed by atoms with van der Waals surface area (Å²) in [5.74, 6) is 0. The van der Waals surface area contributed by atoms with Crippen LogP contribution in [0.15, 0.2) is 24.3 Å². The van der Waals surface area contributed by atoms with E-state index in [0.717, 1.165) is 0 Å². The Morgan fingerprint density at radius 2 is 1.80 bits per heavy atom. The molecular weight excluding hydrogens is 238 g/mol. The Morgan fingerprint density at radius 1 is 1.33 bits per heavy atom. The highest BCUT2D eigenvalue weighted by molar-refractivity contribution is 7.86. The lowest BCUT2D eigenvalue weighted by Crippen LogP contribution is -2.30. The summed E-state index contributed by atoms with van der Waals surface area (Å²) >= 11 is 5.67. The monoisotopic (exact) mass is 249 g/mol. The second-order valence-corrected chi connectivity index (χ2v) is 5.32. The maximum absolute atomic E-state index is 11.1. The average Bonchev–Trinajstić information content (AvgIpc) is 2.05. The molecule has 6 heteroatoms. The molecule has 0 aliphatic heterocycles. The Labute approximate surface area is 93.8 Å². The van der Waals surface area contributed by atoms with Gasteiger partial charge in [-0.1, -0.05) is 23.7 Å². The molecule has 0 saturated heterocycles. The van der Waals surface area contributed by atoms with Gasteiger partial charge in [0.15, 0.2) is 0 Å². The first-order valence-corrected chi connectivity index (χ1v) is 6.18. The summed E-state index contributed by atoms with van der Waals surface area (Å²) in [5.41, 5.74) is 5.95. The second kappa shape index (κ2) is 4.49. The molecule has 0 radical (unpaired) electrons. The number of nitrogens with two attached hydrogens (primary N) is 1. The SMILES string of the molecule is C[C@H](N)[C@H](c1ccc(Cl)cc1)S(=O)(=O)O. The fraction of sp³-hybridized carbons (Fsp3) is 0.333. The van der Waals surface area contributed by atoms with Crippen LogP contribution >= 0.6 is 11.6 Å². The van der Waals surface area contributed by atoms with Gasteiger partial charge in [0, 0.05) is 11.1 Å². The van der Waals surface area contributed by atoms with E-state index in [2.05, 4.69) is 0 Å². The van der Waals surface area contributed by atoms with E-state index in [1.807, 2.05) is 0 Å². The van der Waals surface area contributed by atoms with E-state index in [1.54, 1.807) is 12.1 Å². The van der Waals surface area contributed by atoms with Gasteiger partial charge >= 0.3 is 0 Å². The highest BCUT2D eigenvalue weighted by atomic mass is 35.5. The van der Waals surface area contributed by atoms with E-state index in [-0.39, 0.29) is 0 Å².